The number of nitrogens with one attached hydrogen (secondary N) is 1. The molecule has 7 nitrogen and oxygen atoms in total. The van der Waals surface area contributed by atoms with Crippen molar-refractivity contribution in [2.75, 3.05) is 6.54 Å². The first kappa shape index (κ1) is 14.9. The van der Waals surface area contributed by atoms with E-state index in [9.17, 15) is 14.7 Å². The summed E-state index contributed by atoms with van der Waals surface area (Å²) in [6.07, 6.45) is 1.44. The summed E-state index contributed by atoms with van der Waals surface area (Å²) in [6.45, 7) is -0.550. The predicted molar refractivity (Wildman–Crippen MR) is 84.5 cm³/mol. The summed E-state index contributed by atoms with van der Waals surface area (Å²) < 4.78 is 4.95. The Bertz CT molecular complexity index is 892. The number of rotatable bonds is 4. The molecular weight excluding hydrogens is 318 g/mol. The zero-order chi connectivity index (χ0) is 16.4. The van der Waals surface area contributed by atoms with E-state index in [1.165, 1.54) is 6.20 Å². The normalized spacial score (nSPS) is 10.6. The summed E-state index contributed by atoms with van der Waals surface area (Å²) >= 11 is 1.16. The minimum atomic E-state index is -1.18. The Morgan fingerprint density at radius 3 is 2.65 bits per heavy atom. The Morgan fingerprint density at radius 1 is 1.22 bits per heavy atom. The molecule has 0 saturated carbocycles. The molecule has 0 unspecified atom stereocenters. The van der Waals surface area contributed by atoms with Crippen LogP contribution in [0, 0.1) is 0 Å². The third-order valence-corrected chi connectivity index (χ3v) is 3.93. The zero-order valence-electron chi connectivity index (χ0n) is 11.7. The van der Waals surface area contributed by atoms with Crippen LogP contribution in [0.2, 0.25) is 0 Å². The standard InChI is InChI=1S/C15H11N3O4S/c19-10(20)7-17-15(22)13-14(21)11-9(6-16-13)23-18-12(11)8-4-2-1-3-5-8/h1-6,21H,7H2,(H,17,22)(H,19,20). The number of carboxylic acid groups (broad SMARTS) is 1. The topological polar surface area (TPSA) is 112 Å². The van der Waals surface area contributed by atoms with Crippen LogP contribution < -0.4 is 5.32 Å². The number of amides is 1. The average Bonchev–Trinajstić information content (AvgIpc) is 2.99. The van der Waals surface area contributed by atoms with Gasteiger partial charge in [-0.2, -0.15) is 4.37 Å². The molecule has 2 aromatic heterocycles. The van der Waals surface area contributed by atoms with Crippen molar-refractivity contribution in [1.29, 1.82) is 0 Å². The molecule has 0 aliphatic heterocycles. The first-order valence-electron chi connectivity index (χ1n) is 6.60. The number of hydrogen-bond acceptors (Lipinski definition) is 6. The highest BCUT2D eigenvalue weighted by Gasteiger charge is 2.21. The number of carbonyl (C=O) groups excluding carboxylic acids is 1. The third kappa shape index (κ3) is 2.84. The molecule has 2 heterocycles. The molecule has 0 spiro atoms. The number of nitrogens with zero attached hydrogens (tertiary/aromatic N) is 2. The summed E-state index contributed by atoms with van der Waals surface area (Å²) in [7, 11) is 0. The number of aromatic nitrogens is 2. The van der Waals surface area contributed by atoms with Gasteiger partial charge in [-0.05, 0) is 11.5 Å². The van der Waals surface area contributed by atoms with E-state index in [0.29, 0.717) is 15.8 Å². The van der Waals surface area contributed by atoms with E-state index in [-0.39, 0.29) is 11.4 Å². The number of pyridine rings is 1. The van der Waals surface area contributed by atoms with Crippen LogP contribution in [-0.4, -0.2) is 38.0 Å². The smallest absolute Gasteiger partial charge is 0.322 e. The van der Waals surface area contributed by atoms with Crippen LogP contribution in [0.3, 0.4) is 0 Å². The first-order valence-corrected chi connectivity index (χ1v) is 7.38. The van der Waals surface area contributed by atoms with E-state index in [1.807, 2.05) is 30.3 Å². The summed E-state index contributed by atoms with van der Waals surface area (Å²) in [5.74, 6) is -2.24. The minimum absolute atomic E-state index is 0.226. The average molecular weight is 329 g/mol. The van der Waals surface area contributed by atoms with E-state index in [2.05, 4.69) is 14.7 Å². The lowest BCUT2D eigenvalue weighted by Gasteiger charge is -2.06. The van der Waals surface area contributed by atoms with Crippen LogP contribution in [0.1, 0.15) is 10.5 Å². The summed E-state index contributed by atoms with van der Waals surface area (Å²) in [5.41, 5.74) is 1.13. The fourth-order valence-corrected chi connectivity index (χ4v) is 2.89. The van der Waals surface area contributed by atoms with Gasteiger partial charge >= 0.3 is 5.97 Å². The number of carboxylic acids is 1. The lowest BCUT2D eigenvalue weighted by Crippen LogP contribution is -2.29. The Morgan fingerprint density at radius 2 is 1.96 bits per heavy atom. The number of benzene rings is 1. The second-order valence-corrected chi connectivity index (χ2v) is 5.47. The summed E-state index contributed by atoms with van der Waals surface area (Å²) in [5, 5.41) is 21.6. The zero-order valence-corrected chi connectivity index (χ0v) is 12.5. The molecule has 3 aromatic rings. The number of carbonyl (C=O) groups is 2. The van der Waals surface area contributed by atoms with Gasteiger partial charge in [0.05, 0.1) is 15.8 Å². The van der Waals surface area contributed by atoms with Gasteiger partial charge in [-0.25, -0.2) is 4.98 Å². The van der Waals surface area contributed by atoms with Crippen LogP contribution in [0.25, 0.3) is 21.3 Å². The lowest BCUT2D eigenvalue weighted by atomic mass is 10.1. The van der Waals surface area contributed by atoms with E-state index in [1.54, 1.807) is 0 Å². The van der Waals surface area contributed by atoms with Gasteiger partial charge in [0.15, 0.2) is 11.4 Å². The van der Waals surface area contributed by atoms with Crippen molar-refractivity contribution in [3.05, 3.63) is 42.2 Å². The van der Waals surface area contributed by atoms with Crippen molar-refractivity contribution in [2.24, 2.45) is 0 Å². The van der Waals surface area contributed by atoms with Crippen molar-refractivity contribution in [3.63, 3.8) is 0 Å². The molecule has 116 valence electrons. The van der Waals surface area contributed by atoms with Crippen molar-refractivity contribution < 1.29 is 19.8 Å². The quantitative estimate of drug-likeness (QED) is 0.673. The second-order valence-electron chi connectivity index (χ2n) is 4.67. The van der Waals surface area contributed by atoms with Gasteiger partial charge in [-0.3, -0.25) is 9.59 Å². The fraction of sp³-hybridized carbons (Fsp3) is 0.0667. The van der Waals surface area contributed by atoms with Crippen LogP contribution >= 0.6 is 11.5 Å². The Labute approximate surface area is 134 Å². The van der Waals surface area contributed by atoms with Gasteiger partial charge in [-0.1, -0.05) is 30.3 Å². The van der Waals surface area contributed by atoms with E-state index >= 15 is 0 Å². The lowest BCUT2D eigenvalue weighted by molar-refractivity contribution is -0.135. The summed E-state index contributed by atoms with van der Waals surface area (Å²) in [6, 6.07) is 9.25. The Hall–Kier alpha value is -3.00. The number of aliphatic carboxylic acids is 1. The van der Waals surface area contributed by atoms with Gasteiger partial charge in [0.25, 0.3) is 5.91 Å². The molecule has 3 N–H and O–H groups in total. The van der Waals surface area contributed by atoms with Crippen molar-refractivity contribution in [2.45, 2.75) is 0 Å². The molecule has 0 aliphatic carbocycles. The molecule has 23 heavy (non-hydrogen) atoms. The first-order chi connectivity index (χ1) is 11.1. The maximum absolute atomic E-state index is 12.0. The Kier molecular flexibility index (Phi) is 3.90. The summed E-state index contributed by atoms with van der Waals surface area (Å²) in [4.78, 5) is 26.4. The largest absolute Gasteiger partial charge is 0.505 e. The maximum atomic E-state index is 12.0. The van der Waals surface area contributed by atoms with Crippen LogP contribution in [0.5, 0.6) is 5.75 Å². The fourth-order valence-electron chi connectivity index (χ4n) is 2.12. The van der Waals surface area contributed by atoms with Crippen molar-refractivity contribution in [1.82, 2.24) is 14.7 Å². The molecule has 1 amide bonds. The van der Waals surface area contributed by atoms with Gasteiger partial charge in [0.2, 0.25) is 0 Å². The monoisotopic (exact) mass is 329 g/mol. The molecule has 0 radical (unpaired) electrons. The molecular formula is C15H11N3O4S. The van der Waals surface area contributed by atoms with E-state index < -0.39 is 18.4 Å². The van der Waals surface area contributed by atoms with Crippen molar-refractivity contribution in [3.8, 4) is 17.0 Å². The van der Waals surface area contributed by atoms with E-state index in [0.717, 1.165) is 17.1 Å². The molecule has 8 heteroatoms. The van der Waals surface area contributed by atoms with Gasteiger partial charge in [-0.15, -0.1) is 0 Å². The number of hydrogen-bond donors (Lipinski definition) is 3. The number of fused-ring (bicyclic) bond motifs is 1. The van der Waals surface area contributed by atoms with Crippen LogP contribution in [-0.2, 0) is 4.79 Å². The molecule has 0 fully saturated rings. The predicted octanol–water partition coefficient (Wildman–Crippen LogP) is 1.88. The molecule has 0 bridgehead atoms. The van der Waals surface area contributed by atoms with Gasteiger partial charge in [0, 0.05) is 11.8 Å². The van der Waals surface area contributed by atoms with Crippen molar-refractivity contribution >= 4 is 33.5 Å². The minimum Gasteiger partial charge on any atom is -0.505 e. The molecule has 3 rings (SSSR count). The highest BCUT2D eigenvalue weighted by atomic mass is 32.1. The number of aromatic hydroxyl groups is 1. The molecule has 1 aromatic carbocycles. The highest BCUT2D eigenvalue weighted by molar-refractivity contribution is 7.13. The van der Waals surface area contributed by atoms with E-state index in [4.69, 9.17) is 5.11 Å². The highest BCUT2D eigenvalue weighted by Crippen LogP contribution is 2.37. The maximum Gasteiger partial charge on any atom is 0.322 e. The molecule has 0 saturated heterocycles. The van der Waals surface area contributed by atoms with Crippen LogP contribution in [0.15, 0.2) is 36.5 Å². The SMILES string of the molecule is O=C(O)CNC(=O)c1ncc2snc(-c3ccccc3)c2c1O. The Balaban J connectivity index is 2.08. The molecule has 0 atom stereocenters. The third-order valence-electron chi connectivity index (χ3n) is 3.15. The molecule has 0 aliphatic rings. The van der Waals surface area contributed by atoms with Gasteiger partial charge < -0.3 is 15.5 Å². The second kappa shape index (κ2) is 6.01. The van der Waals surface area contributed by atoms with Gasteiger partial charge in [0.1, 0.15) is 6.54 Å². The van der Waals surface area contributed by atoms with Crippen LogP contribution in [0.4, 0.5) is 0 Å².